The Labute approximate surface area is 256 Å². The van der Waals surface area contributed by atoms with Gasteiger partial charge in [-0.15, -0.1) is 0 Å². The maximum atomic E-state index is 4.48. The van der Waals surface area contributed by atoms with E-state index in [1.807, 2.05) is 12.4 Å². The van der Waals surface area contributed by atoms with Crippen molar-refractivity contribution < 1.29 is 0 Å². The van der Waals surface area contributed by atoms with E-state index in [0.29, 0.717) is 0 Å². The molecule has 0 amide bonds. The van der Waals surface area contributed by atoms with Crippen molar-refractivity contribution in [2.75, 3.05) is 0 Å². The summed E-state index contributed by atoms with van der Waals surface area (Å²) in [4.78, 5) is 4.48. The zero-order chi connectivity index (χ0) is 29.2. The predicted octanol–water partition coefficient (Wildman–Crippen LogP) is 10.4. The molecule has 0 saturated carbocycles. The first-order valence-electron chi connectivity index (χ1n) is 15.4. The van der Waals surface area contributed by atoms with Gasteiger partial charge in [0.05, 0.1) is 44.8 Å². The molecule has 0 saturated heterocycles. The lowest BCUT2D eigenvalue weighted by atomic mass is 10.0. The normalized spacial score (nSPS) is 12.4. The fraction of sp³-hybridized carbons (Fsp3) is 0. The molecule has 208 valence electrons. The van der Waals surface area contributed by atoms with Crippen LogP contribution >= 0.6 is 0 Å². The zero-order valence-corrected chi connectivity index (χ0v) is 24.1. The van der Waals surface area contributed by atoms with E-state index in [1.165, 1.54) is 76.2 Å². The van der Waals surface area contributed by atoms with Gasteiger partial charge < -0.3 is 13.5 Å². The molecular weight excluding hydrogens is 548 g/mol. The summed E-state index contributed by atoms with van der Waals surface area (Å²) >= 11 is 0. The molecule has 0 atom stereocenters. The van der Waals surface area contributed by atoms with E-state index in [4.69, 9.17) is 0 Å². The minimum Gasteiger partial charge on any atom is -0.309 e. The van der Waals surface area contributed by atoms with Crippen LogP contribution in [0.25, 0.3) is 93.1 Å². The summed E-state index contributed by atoms with van der Waals surface area (Å²) in [6.45, 7) is 0. The number of rotatable bonds is 2. The zero-order valence-electron chi connectivity index (χ0n) is 24.1. The summed E-state index contributed by atoms with van der Waals surface area (Å²) in [6.07, 6.45) is 3.85. The average molecular weight is 573 g/mol. The molecule has 4 heteroatoms. The summed E-state index contributed by atoms with van der Waals surface area (Å²) in [5.74, 6) is 0. The molecule has 0 fully saturated rings. The van der Waals surface area contributed by atoms with Crippen LogP contribution in [0.4, 0.5) is 0 Å². The highest BCUT2D eigenvalue weighted by atomic mass is 15.0. The number of pyridine rings is 1. The number of hydrogen-bond acceptors (Lipinski definition) is 1. The Morgan fingerprint density at radius 1 is 0.378 bits per heavy atom. The monoisotopic (exact) mass is 572 g/mol. The van der Waals surface area contributed by atoms with Crippen LogP contribution in [-0.4, -0.2) is 18.5 Å². The summed E-state index contributed by atoms with van der Waals surface area (Å²) in [7, 11) is 0. The van der Waals surface area contributed by atoms with Crippen LogP contribution in [0.5, 0.6) is 0 Å². The van der Waals surface area contributed by atoms with Crippen LogP contribution in [0.3, 0.4) is 0 Å². The fourth-order valence-corrected chi connectivity index (χ4v) is 8.07. The van der Waals surface area contributed by atoms with E-state index in [0.717, 1.165) is 16.9 Å². The number of fused-ring (bicyclic) bond motifs is 13. The van der Waals surface area contributed by atoms with Crippen molar-refractivity contribution in [2.24, 2.45) is 0 Å². The molecule has 0 radical (unpaired) electrons. The van der Waals surface area contributed by atoms with Gasteiger partial charge in [-0.1, -0.05) is 72.8 Å². The number of para-hydroxylation sites is 4. The molecule has 6 aromatic carbocycles. The first-order chi connectivity index (χ1) is 22.4. The van der Waals surface area contributed by atoms with Crippen LogP contribution in [0.1, 0.15) is 0 Å². The molecular formula is C41H24N4. The smallest absolute Gasteiger partial charge is 0.0724 e. The van der Waals surface area contributed by atoms with Gasteiger partial charge in [0.2, 0.25) is 0 Å². The van der Waals surface area contributed by atoms with Crippen LogP contribution in [0.15, 0.2) is 146 Å². The molecule has 45 heavy (non-hydrogen) atoms. The van der Waals surface area contributed by atoms with E-state index in [-0.39, 0.29) is 0 Å². The first kappa shape index (κ1) is 23.3. The van der Waals surface area contributed by atoms with Gasteiger partial charge >= 0.3 is 0 Å². The maximum Gasteiger partial charge on any atom is 0.0724 e. The molecule has 5 aromatic heterocycles. The summed E-state index contributed by atoms with van der Waals surface area (Å²) < 4.78 is 7.27. The highest BCUT2D eigenvalue weighted by Crippen LogP contribution is 2.46. The largest absolute Gasteiger partial charge is 0.309 e. The van der Waals surface area contributed by atoms with Crippen molar-refractivity contribution in [3.05, 3.63) is 146 Å². The van der Waals surface area contributed by atoms with Crippen molar-refractivity contribution in [1.29, 1.82) is 0 Å². The van der Waals surface area contributed by atoms with Crippen LogP contribution in [0.2, 0.25) is 0 Å². The van der Waals surface area contributed by atoms with Crippen molar-refractivity contribution in [2.45, 2.75) is 0 Å². The van der Waals surface area contributed by atoms with Crippen LogP contribution in [0, 0.1) is 0 Å². The van der Waals surface area contributed by atoms with E-state index >= 15 is 0 Å². The Balaban J connectivity index is 1.26. The predicted molar refractivity (Wildman–Crippen MR) is 188 cm³/mol. The Bertz CT molecular complexity index is 2920. The highest BCUT2D eigenvalue weighted by molar-refractivity contribution is 6.34. The summed E-state index contributed by atoms with van der Waals surface area (Å²) in [6, 6.07) is 48.7. The lowest BCUT2D eigenvalue weighted by molar-refractivity contribution is 1.14. The molecule has 5 heterocycles. The van der Waals surface area contributed by atoms with Gasteiger partial charge in [-0.2, -0.15) is 0 Å². The fourth-order valence-electron chi connectivity index (χ4n) is 8.07. The molecule has 0 unspecified atom stereocenters. The van der Waals surface area contributed by atoms with Gasteiger partial charge in [-0.05, 0) is 60.7 Å². The number of hydrogen-bond donors (Lipinski definition) is 0. The second kappa shape index (κ2) is 8.28. The van der Waals surface area contributed by atoms with Gasteiger partial charge in [0.25, 0.3) is 0 Å². The SMILES string of the molecule is c1ccc2c(c1)c1ccncc1n2-c1ccc(-n2c3ccccc3c3cc4c5ccccc5n5c6ccccc6c(c32)c45)cc1. The Morgan fingerprint density at radius 2 is 0.867 bits per heavy atom. The molecule has 11 rings (SSSR count). The van der Waals surface area contributed by atoms with E-state index < -0.39 is 0 Å². The third kappa shape index (κ3) is 2.84. The topological polar surface area (TPSA) is 27.2 Å². The molecule has 0 aliphatic heterocycles. The van der Waals surface area contributed by atoms with E-state index in [1.54, 1.807) is 0 Å². The van der Waals surface area contributed by atoms with Gasteiger partial charge in [0, 0.05) is 60.7 Å². The Hall–Kier alpha value is -6.13. The van der Waals surface area contributed by atoms with Crippen LogP contribution in [-0.2, 0) is 0 Å². The van der Waals surface area contributed by atoms with Crippen molar-refractivity contribution >= 4 is 81.7 Å². The lowest BCUT2D eigenvalue weighted by Gasteiger charge is -2.12. The first-order valence-corrected chi connectivity index (χ1v) is 15.4. The minimum atomic E-state index is 1.11. The van der Waals surface area contributed by atoms with Gasteiger partial charge in [0.15, 0.2) is 0 Å². The second-order valence-corrected chi connectivity index (χ2v) is 12.0. The van der Waals surface area contributed by atoms with Gasteiger partial charge in [0.1, 0.15) is 0 Å². The number of aromatic nitrogens is 4. The van der Waals surface area contributed by atoms with Gasteiger partial charge in [-0.3, -0.25) is 4.98 Å². The number of nitrogens with zero attached hydrogens (tertiary/aromatic N) is 4. The van der Waals surface area contributed by atoms with Crippen molar-refractivity contribution in [1.82, 2.24) is 18.5 Å². The molecule has 0 bridgehead atoms. The molecule has 11 aromatic rings. The van der Waals surface area contributed by atoms with E-state index in [2.05, 4.69) is 152 Å². The Morgan fingerprint density at radius 3 is 1.58 bits per heavy atom. The maximum absolute atomic E-state index is 4.48. The molecule has 0 spiro atoms. The van der Waals surface area contributed by atoms with E-state index in [9.17, 15) is 0 Å². The standard InChI is InChI=1S/C41H24N4/c1-5-13-34-27(9-1)30-21-22-42-24-38(30)43(34)25-17-19-26(20-18-25)44-35-14-6-2-10-28(35)32-23-33-29-11-3-7-15-36(29)45-37-16-8-4-12-31(37)39(40(32)44)41(33)45/h1-24H. The Kier molecular flexibility index (Phi) is 4.29. The second-order valence-electron chi connectivity index (χ2n) is 12.0. The average Bonchev–Trinajstić information content (AvgIpc) is 3.82. The van der Waals surface area contributed by atoms with Gasteiger partial charge in [-0.25, -0.2) is 0 Å². The third-order valence-electron chi connectivity index (χ3n) is 9.85. The van der Waals surface area contributed by atoms with Crippen molar-refractivity contribution in [3.8, 4) is 11.4 Å². The number of benzene rings is 6. The molecule has 0 aliphatic carbocycles. The summed E-state index contributed by atoms with van der Waals surface area (Å²) in [5.41, 5.74) is 10.8. The quantitative estimate of drug-likeness (QED) is 0.202. The highest BCUT2D eigenvalue weighted by Gasteiger charge is 2.24. The van der Waals surface area contributed by atoms with Crippen molar-refractivity contribution in [3.63, 3.8) is 0 Å². The molecule has 0 aliphatic rings. The third-order valence-corrected chi connectivity index (χ3v) is 9.85. The summed E-state index contributed by atoms with van der Waals surface area (Å²) in [5, 5.41) is 10.2. The molecule has 4 nitrogen and oxygen atoms in total. The molecule has 0 N–H and O–H groups in total. The lowest BCUT2D eigenvalue weighted by Crippen LogP contribution is -1.97. The van der Waals surface area contributed by atoms with Crippen LogP contribution < -0.4 is 0 Å². The minimum absolute atomic E-state index is 1.11.